The van der Waals surface area contributed by atoms with E-state index in [0.29, 0.717) is 0 Å². The Balaban J connectivity index is 2.63. The number of rotatable bonds is 3. The van der Waals surface area contributed by atoms with Crippen molar-refractivity contribution in [1.29, 1.82) is 0 Å². The molecule has 0 amide bonds. The van der Waals surface area contributed by atoms with Crippen molar-refractivity contribution < 1.29 is 34.6 Å². The van der Waals surface area contributed by atoms with E-state index < -0.39 is 30.9 Å². The van der Waals surface area contributed by atoms with E-state index in [9.17, 15) is 15.3 Å². The third kappa shape index (κ3) is 2.20. The van der Waals surface area contributed by atoms with Crippen LogP contribution in [0.25, 0.3) is 0 Å². The second-order valence-corrected chi connectivity index (χ2v) is 2.84. The van der Waals surface area contributed by atoms with E-state index >= 15 is 0 Å². The first kappa shape index (κ1) is 11.8. The van der Waals surface area contributed by atoms with Crippen molar-refractivity contribution >= 4 is 0 Å². The summed E-state index contributed by atoms with van der Waals surface area (Å²) in [6, 6.07) is 0. The molecule has 84 valence electrons. The Morgan fingerprint density at radius 2 is 1.50 bits per heavy atom. The van der Waals surface area contributed by atoms with Crippen LogP contribution >= 0.6 is 0 Å². The summed E-state index contributed by atoms with van der Waals surface area (Å²) >= 11 is 0. The van der Waals surface area contributed by atoms with Crippen molar-refractivity contribution in [2.45, 2.75) is 30.9 Å². The van der Waals surface area contributed by atoms with Crippen LogP contribution in [0.1, 0.15) is 0 Å². The fraction of sp³-hybridized carbons (Fsp3) is 1.00. The Morgan fingerprint density at radius 1 is 0.929 bits per heavy atom. The maximum absolute atomic E-state index is 9.36. The zero-order valence-electron chi connectivity index (χ0n) is 7.86. The van der Waals surface area contributed by atoms with Crippen molar-refractivity contribution in [2.75, 3.05) is 14.2 Å². The van der Waals surface area contributed by atoms with Crippen molar-refractivity contribution in [3.8, 4) is 0 Å². The van der Waals surface area contributed by atoms with E-state index in [1.165, 1.54) is 14.2 Å². The summed E-state index contributed by atoms with van der Waals surface area (Å²) < 4.78 is 9.66. The average Bonchev–Trinajstić information content (AvgIpc) is 2.19. The quantitative estimate of drug-likeness (QED) is 0.365. The van der Waals surface area contributed by atoms with Gasteiger partial charge >= 0.3 is 0 Å². The van der Waals surface area contributed by atoms with Gasteiger partial charge in [-0.05, 0) is 0 Å². The largest absolute Gasteiger partial charge is 0.387 e. The molecule has 7 nitrogen and oxygen atoms in total. The number of ether oxygens (including phenoxy) is 2. The summed E-state index contributed by atoms with van der Waals surface area (Å²) in [5.41, 5.74) is 0. The van der Waals surface area contributed by atoms with Crippen LogP contribution in [-0.4, -0.2) is 60.4 Å². The SMILES string of the molecule is COOC1O[C@@H](OC)C(O)C(O)[C@@H]1O. The van der Waals surface area contributed by atoms with Crippen LogP contribution in [0.4, 0.5) is 0 Å². The second-order valence-electron chi connectivity index (χ2n) is 2.84. The van der Waals surface area contributed by atoms with Crippen LogP contribution < -0.4 is 0 Å². The second kappa shape index (κ2) is 4.99. The Bertz CT molecular complexity index is 171. The molecule has 0 aliphatic carbocycles. The number of hydrogen-bond acceptors (Lipinski definition) is 7. The van der Waals surface area contributed by atoms with Gasteiger partial charge < -0.3 is 24.8 Å². The highest BCUT2D eigenvalue weighted by molar-refractivity contribution is 4.84. The van der Waals surface area contributed by atoms with Gasteiger partial charge in [0.1, 0.15) is 18.3 Å². The van der Waals surface area contributed by atoms with E-state index in [1.54, 1.807) is 0 Å². The molecule has 0 bridgehead atoms. The molecule has 0 saturated carbocycles. The lowest BCUT2D eigenvalue weighted by atomic mass is 10.0. The third-order valence-electron chi connectivity index (χ3n) is 1.95. The summed E-state index contributed by atoms with van der Waals surface area (Å²) in [5, 5.41) is 28.0. The molecule has 0 radical (unpaired) electrons. The van der Waals surface area contributed by atoms with Gasteiger partial charge in [-0.15, -0.1) is 0 Å². The number of methoxy groups -OCH3 is 1. The van der Waals surface area contributed by atoms with E-state index in [2.05, 4.69) is 9.78 Å². The summed E-state index contributed by atoms with van der Waals surface area (Å²) in [7, 11) is 2.53. The van der Waals surface area contributed by atoms with Crippen molar-refractivity contribution in [3.63, 3.8) is 0 Å². The van der Waals surface area contributed by atoms with Crippen LogP contribution in [-0.2, 0) is 19.2 Å². The Morgan fingerprint density at radius 3 is 2.00 bits per heavy atom. The summed E-state index contributed by atoms with van der Waals surface area (Å²) in [6.45, 7) is 0. The monoisotopic (exact) mass is 210 g/mol. The van der Waals surface area contributed by atoms with Crippen molar-refractivity contribution in [1.82, 2.24) is 0 Å². The normalized spacial score (nSPS) is 43.9. The van der Waals surface area contributed by atoms with Crippen molar-refractivity contribution in [2.24, 2.45) is 0 Å². The van der Waals surface area contributed by atoms with E-state index in [1.807, 2.05) is 0 Å². The molecule has 0 spiro atoms. The maximum Gasteiger partial charge on any atom is 0.222 e. The van der Waals surface area contributed by atoms with Gasteiger partial charge in [-0.2, -0.15) is 0 Å². The minimum absolute atomic E-state index is 1.06. The molecule has 14 heavy (non-hydrogen) atoms. The van der Waals surface area contributed by atoms with Crippen LogP contribution in [0.15, 0.2) is 0 Å². The molecule has 0 aromatic rings. The predicted molar refractivity (Wildman–Crippen MR) is 41.8 cm³/mol. The van der Waals surface area contributed by atoms with Gasteiger partial charge in [0.2, 0.25) is 6.29 Å². The lowest BCUT2D eigenvalue weighted by Gasteiger charge is -2.38. The van der Waals surface area contributed by atoms with E-state index in [0.717, 1.165) is 0 Å². The molecule has 1 fully saturated rings. The lowest BCUT2D eigenvalue weighted by Crippen LogP contribution is -2.58. The van der Waals surface area contributed by atoms with Gasteiger partial charge in [-0.3, -0.25) is 0 Å². The molecule has 1 heterocycles. The molecule has 1 aliphatic rings. The Hall–Kier alpha value is -0.280. The molecule has 1 aliphatic heterocycles. The maximum atomic E-state index is 9.36. The average molecular weight is 210 g/mol. The van der Waals surface area contributed by atoms with Gasteiger partial charge in [-0.1, -0.05) is 0 Å². The third-order valence-corrected chi connectivity index (χ3v) is 1.95. The zero-order valence-corrected chi connectivity index (χ0v) is 7.86. The minimum atomic E-state index is -1.41. The van der Waals surface area contributed by atoms with E-state index in [-0.39, 0.29) is 0 Å². The molecule has 0 aromatic heterocycles. The topological polar surface area (TPSA) is 97.6 Å². The highest BCUT2D eigenvalue weighted by Gasteiger charge is 2.45. The smallest absolute Gasteiger partial charge is 0.222 e. The summed E-state index contributed by atoms with van der Waals surface area (Å²) in [6.07, 6.45) is -6.38. The van der Waals surface area contributed by atoms with Crippen LogP contribution in [0.5, 0.6) is 0 Å². The lowest BCUT2D eigenvalue weighted by molar-refractivity contribution is -0.434. The molecule has 7 heteroatoms. The highest BCUT2D eigenvalue weighted by Crippen LogP contribution is 2.22. The van der Waals surface area contributed by atoms with Crippen LogP contribution in [0.2, 0.25) is 0 Å². The minimum Gasteiger partial charge on any atom is -0.387 e. The molecule has 5 atom stereocenters. The number of hydrogen-bond donors (Lipinski definition) is 3. The molecule has 1 rings (SSSR count). The molecule has 3 unspecified atom stereocenters. The molecular formula is C7H14O7. The Kier molecular flexibility index (Phi) is 4.20. The molecule has 1 saturated heterocycles. The van der Waals surface area contributed by atoms with Gasteiger partial charge in [-0.25, -0.2) is 9.78 Å². The van der Waals surface area contributed by atoms with Gasteiger partial charge in [0.05, 0.1) is 7.11 Å². The summed E-state index contributed by atoms with van der Waals surface area (Å²) in [5.74, 6) is 0. The molecular weight excluding hydrogens is 196 g/mol. The predicted octanol–water partition coefficient (Wildman–Crippen LogP) is -2.02. The molecule has 3 N–H and O–H groups in total. The van der Waals surface area contributed by atoms with E-state index in [4.69, 9.17) is 9.47 Å². The first-order chi connectivity index (χ1) is 6.61. The first-order valence-electron chi connectivity index (χ1n) is 4.03. The zero-order chi connectivity index (χ0) is 10.7. The Labute approximate surface area is 80.7 Å². The standard InChI is InChI=1S/C7H14O7/c1-11-6-4(9)3(8)5(10)7(13-6)14-12-2/h3-10H,1-2H3/t3?,4?,5-,6+,7?/m0/s1. The fourth-order valence-corrected chi connectivity index (χ4v) is 1.19. The number of aliphatic hydroxyl groups is 3. The van der Waals surface area contributed by atoms with Crippen molar-refractivity contribution in [3.05, 3.63) is 0 Å². The highest BCUT2D eigenvalue weighted by atomic mass is 17.2. The van der Waals surface area contributed by atoms with Gasteiger partial charge in [0, 0.05) is 7.11 Å². The first-order valence-corrected chi connectivity index (χ1v) is 4.03. The van der Waals surface area contributed by atoms with Crippen LogP contribution in [0, 0.1) is 0 Å². The van der Waals surface area contributed by atoms with Crippen LogP contribution in [0.3, 0.4) is 0 Å². The van der Waals surface area contributed by atoms with Gasteiger partial charge in [0.15, 0.2) is 6.29 Å². The molecule has 0 aromatic carbocycles. The summed E-state index contributed by atoms with van der Waals surface area (Å²) in [4.78, 5) is 8.82. The van der Waals surface area contributed by atoms with Gasteiger partial charge in [0.25, 0.3) is 0 Å². The fourth-order valence-electron chi connectivity index (χ4n) is 1.19. The number of aliphatic hydroxyl groups excluding tert-OH is 3.